The Morgan fingerprint density at radius 1 is 0.913 bits per heavy atom. The number of pyridine rings is 1. The fourth-order valence-corrected chi connectivity index (χ4v) is 6.39. The highest BCUT2D eigenvalue weighted by molar-refractivity contribution is 5.99. The number of hydrogen-bond acceptors (Lipinski definition) is 9. The number of morpholine rings is 1. The number of fused-ring (bicyclic) bond motifs is 3. The summed E-state index contributed by atoms with van der Waals surface area (Å²) in [7, 11) is 0. The maximum atomic E-state index is 12.7. The van der Waals surface area contributed by atoms with E-state index in [-0.39, 0.29) is 30.4 Å². The zero-order chi connectivity index (χ0) is 31.8. The van der Waals surface area contributed by atoms with Gasteiger partial charge < -0.3 is 29.9 Å². The molecule has 2 bridgehead atoms. The number of carbonyl (C=O) groups is 2. The lowest BCUT2D eigenvalue weighted by atomic mass is 10.1. The zero-order valence-corrected chi connectivity index (χ0v) is 26.3. The van der Waals surface area contributed by atoms with E-state index in [2.05, 4.69) is 20.5 Å². The quantitative estimate of drug-likeness (QED) is 0.295. The number of ether oxygens (including phenoxy) is 2. The number of hydrogen-bond donors (Lipinski definition) is 2. The topological polar surface area (TPSA) is 140 Å². The third-order valence-electron chi connectivity index (χ3n) is 8.56. The summed E-state index contributed by atoms with van der Waals surface area (Å²) < 4.78 is 13.7. The van der Waals surface area contributed by atoms with Gasteiger partial charge in [0.15, 0.2) is 11.5 Å². The average Bonchev–Trinajstić information content (AvgIpc) is 3.62. The van der Waals surface area contributed by atoms with Crippen molar-refractivity contribution in [2.24, 2.45) is 0 Å². The molecule has 3 fully saturated rings. The zero-order valence-electron chi connectivity index (χ0n) is 26.3. The lowest BCUT2D eigenvalue weighted by molar-refractivity contribution is 0.0186. The molecule has 0 radical (unpaired) electrons. The van der Waals surface area contributed by atoms with E-state index in [0.717, 1.165) is 61.2 Å². The standard InChI is InChI=1S/C33H39N9O4/c1-33(2,3)46-32(44)40-15-12-24(13-16-40)42-30-27(18-35-42)29(41-19-25-10-11-26(20-41)45-25)38-28(39-30)21-6-8-22(9-7-21)36-31(43)37-23-5-4-14-34-17-23/h4-9,14,17-18,24-26H,10-13,15-16,19-20H2,1-3H3,(H2,36,37,43). The van der Waals surface area contributed by atoms with Gasteiger partial charge in [-0.15, -0.1) is 0 Å². The van der Waals surface area contributed by atoms with Gasteiger partial charge in [-0.05, 0) is 82.9 Å². The number of rotatable bonds is 5. The number of benzene rings is 1. The molecule has 0 saturated carbocycles. The van der Waals surface area contributed by atoms with E-state index in [9.17, 15) is 9.59 Å². The monoisotopic (exact) mass is 625 g/mol. The summed E-state index contributed by atoms with van der Waals surface area (Å²) in [5.41, 5.74) is 2.31. The molecule has 13 nitrogen and oxygen atoms in total. The van der Waals surface area contributed by atoms with Gasteiger partial charge in [0.25, 0.3) is 0 Å². The van der Waals surface area contributed by atoms with Gasteiger partial charge in [0.2, 0.25) is 0 Å². The van der Waals surface area contributed by atoms with Gasteiger partial charge in [0.05, 0.1) is 41.7 Å². The molecule has 4 aromatic rings. The van der Waals surface area contributed by atoms with Crippen LogP contribution in [0.25, 0.3) is 22.4 Å². The summed E-state index contributed by atoms with van der Waals surface area (Å²) >= 11 is 0. The third-order valence-corrected chi connectivity index (χ3v) is 8.56. The van der Waals surface area contributed by atoms with Crippen molar-refractivity contribution in [3.05, 3.63) is 55.0 Å². The molecule has 3 aliphatic rings. The molecule has 46 heavy (non-hydrogen) atoms. The lowest BCUT2D eigenvalue weighted by Crippen LogP contribution is -2.43. The van der Waals surface area contributed by atoms with E-state index in [1.165, 1.54) is 0 Å². The summed E-state index contributed by atoms with van der Waals surface area (Å²) in [4.78, 5) is 43.5. The van der Waals surface area contributed by atoms with Crippen LogP contribution in [0.4, 0.5) is 26.8 Å². The first-order chi connectivity index (χ1) is 22.2. The van der Waals surface area contributed by atoms with Gasteiger partial charge in [-0.1, -0.05) is 0 Å². The molecule has 3 aromatic heterocycles. The molecule has 240 valence electrons. The van der Waals surface area contributed by atoms with Crippen LogP contribution < -0.4 is 15.5 Å². The number of aromatic nitrogens is 5. The predicted molar refractivity (Wildman–Crippen MR) is 174 cm³/mol. The van der Waals surface area contributed by atoms with E-state index in [0.29, 0.717) is 30.3 Å². The number of carbonyl (C=O) groups excluding carboxylic acids is 2. The van der Waals surface area contributed by atoms with Crippen molar-refractivity contribution in [3.63, 3.8) is 0 Å². The fraction of sp³-hybridized carbons (Fsp3) is 0.455. The number of urea groups is 1. The van der Waals surface area contributed by atoms with Crippen LogP contribution in [-0.4, -0.2) is 85.7 Å². The van der Waals surface area contributed by atoms with Gasteiger partial charge in [0.1, 0.15) is 11.4 Å². The molecule has 3 saturated heterocycles. The number of nitrogens with zero attached hydrogens (tertiary/aromatic N) is 7. The average molecular weight is 626 g/mol. The molecule has 2 unspecified atom stereocenters. The summed E-state index contributed by atoms with van der Waals surface area (Å²) in [5, 5.41) is 11.4. The van der Waals surface area contributed by atoms with Crippen LogP contribution in [0.1, 0.15) is 52.5 Å². The van der Waals surface area contributed by atoms with Crippen LogP contribution in [-0.2, 0) is 9.47 Å². The second kappa shape index (κ2) is 12.2. The van der Waals surface area contributed by atoms with Crippen LogP contribution in [0, 0.1) is 0 Å². The van der Waals surface area contributed by atoms with Crippen molar-refractivity contribution in [3.8, 4) is 11.4 Å². The van der Waals surface area contributed by atoms with Crippen LogP contribution in [0.2, 0.25) is 0 Å². The molecule has 1 aromatic carbocycles. The van der Waals surface area contributed by atoms with Crippen molar-refractivity contribution >= 4 is 40.4 Å². The first-order valence-corrected chi connectivity index (χ1v) is 15.9. The van der Waals surface area contributed by atoms with E-state index >= 15 is 0 Å². The van der Waals surface area contributed by atoms with Gasteiger partial charge in [-0.2, -0.15) is 5.10 Å². The maximum Gasteiger partial charge on any atom is 0.410 e. The number of nitrogens with one attached hydrogen (secondary N) is 2. The van der Waals surface area contributed by atoms with Gasteiger partial charge in [-0.25, -0.2) is 24.2 Å². The number of piperidine rings is 1. The Morgan fingerprint density at radius 3 is 2.30 bits per heavy atom. The maximum absolute atomic E-state index is 12.7. The summed E-state index contributed by atoms with van der Waals surface area (Å²) in [6, 6.07) is 10.8. The van der Waals surface area contributed by atoms with Gasteiger partial charge in [-0.3, -0.25) is 4.98 Å². The number of amides is 3. The Hall–Kier alpha value is -4.78. The van der Waals surface area contributed by atoms with Crippen molar-refractivity contribution in [2.75, 3.05) is 41.7 Å². The molecular weight excluding hydrogens is 586 g/mol. The van der Waals surface area contributed by atoms with Crippen molar-refractivity contribution in [2.45, 2.75) is 70.3 Å². The van der Waals surface area contributed by atoms with Crippen molar-refractivity contribution in [1.82, 2.24) is 29.6 Å². The van der Waals surface area contributed by atoms with Gasteiger partial charge >= 0.3 is 12.1 Å². The predicted octanol–water partition coefficient (Wildman–Crippen LogP) is 5.47. The molecule has 2 N–H and O–H groups in total. The Balaban J connectivity index is 1.15. The Labute approximate surface area is 267 Å². The highest BCUT2D eigenvalue weighted by Gasteiger charge is 2.36. The third kappa shape index (κ3) is 6.45. The minimum absolute atomic E-state index is 0.0811. The minimum atomic E-state index is -0.532. The molecule has 0 spiro atoms. The van der Waals surface area contributed by atoms with Crippen molar-refractivity contribution < 1.29 is 19.1 Å². The highest BCUT2D eigenvalue weighted by atomic mass is 16.6. The molecule has 3 amide bonds. The molecule has 2 atom stereocenters. The van der Waals surface area contributed by atoms with E-state index in [1.807, 2.05) is 55.9 Å². The lowest BCUT2D eigenvalue weighted by Gasteiger charge is -2.34. The van der Waals surface area contributed by atoms with Crippen molar-refractivity contribution in [1.29, 1.82) is 0 Å². The molecule has 3 aliphatic heterocycles. The van der Waals surface area contributed by atoms with Crippen LogP contribution in [0.3, 0.4) is 0 Å². The number of anilines is 3. The normalized spacial score (nSPS) is 20.2. The first kappa shape index (κ1) is 29.9. The fourth-order valence-electron chi connectivity index (χ4n) is 6.39. The number of likely N-dealkylation sites (tertiary alicyclic amines) is 1. The minimum Gasteiger partial charge on any atom is -0.444 e. The van der Waals surface area contributed by atoms with E-state index in [1.54, 1.807) is 29.4 Å². The molecule has 13 heteroatoms. The SMILES string of the molecule is CC(C)(C)OC(=O)N1CCC(n2ncc3c(N4CC5CCC(C4)O5)nc(-c4ccc(NC(=O)Nc5cccnc5)cc4)nc32)CC1. The molecule has 0 aliphatic carbocycles. The van der Waals surface area contributed by atoms with E-state index < -0.39 is 5.60 Å². The molecule has 7 rings (SSSR count). The summed E-state index contributed by atoms with van der Waals surface area (Å²) in [6.07, 6.45) is 8.83. The highest BCUT2D eigenvalue weighted by Crippen LogP contribution is 2.35. The van der Waals surface area contributed by atoms with Crippen LogP contribution in [0.15, 0.2) is 55.0 Å². The first-order valence-electron chi connectivity index (χ1n) is 15.9. The Morgan fingerprint density at radius 2 is 1.63 bits per heavy atom. The van der Waals surface area contributed by atoms with Crippen LogP contribution in [0.5, 0.6) is 0 Å². The second-order valence-electron chi connectivity index (χ2n) is 13.2. The molecular formula is C33H39N9O4. The van der Waals surface area contributed by atoms with Crippen LogP contribution >= 0.6 is 0 Å². The Kier molecular flexibility index (Phi) is 7.93. The second-order valence-corrected chi connectivity index (χ2v) is 13.2. The largest absolute Gasteiger partial charge is 0.444 e. The summed E-state index contributed by atoms with van der Waals surface area (Å²) in [6.45, 7) is 8.36. The van der Waals surface area contributed by atoms with Gasteiger partial charge in [0, 0.05) is 43.6 Å². The smallest absolute Gasteiger partial charge is 0.410 e. The van der Waals surface area contributed by atoms with E-state index in [4.69, 9.17) is 24.5 Å². The molecule has 6 heterocycles. The summed E-state index contributed by atoms with van der Waals surface area (Å²) in [5.74, 6) is 1.44. The Bertz CT molecular complexity index is 1700.